The van der Waals surface area contributed by atoms with Gasteiger partial charge in [0.15, 0.2) is 0 Å². The van der Waals surface area contributed by atoms with Gasteiger partial charge in [-0.1, -0.05) is 12.1 Å². The first-order valence-corrected chi connectivity index (χ1v) is 8.71. The maximum Gasteiger partial charge on any atom is 0.0483 e. The largest absolute Gasteiger partial charge is 0.347 e. The normalized spacial score (nSPS) is 12.2. The number of rotatable bonds is 6. The topological polar surface area (TPSA) is 17.0 Å². The van der Waals surface area contributed by atoms with E-state index >= 15 is 0 Å². The van der Waals surface area contributed by atoms with E-state index in [9.17, 15) is 0 Å². The number of fused-ring (bicyclic) bond motifs is 1. The Morgan fingerprint density at radius 2 is 2.00 bits per heavy atom. The molecule has 3 heteroatoms. The highest BCUT2D eigenvalue weighted by molar-refractivity contribution is 7.98. The summed E-state index contributed by atoms with van der Waals surface area (Å²) in [5, 5.41) is 4.96. The first-order chi connectivity index (χ1) is 9.51. The third-order valence-corrected chi connectivity index (χ3v) is 4.16. The van der Waals surface area contributed by atoms with E-state index < -0.39 is 0 Å². The van der Waals surface area contributed by atoms with E-state index in [2.05, 4.69) is 67.4 Å². The maximum absolute atomic E-state index is 3.58. The van der Waals surface area contributed by atoms with Crippen molar-refractivity contribution in [3.8, 4) is 0 Å². The van der Waals surface area contributed by atoms with Crippen molar-refractivity contribution in [2.45, 2.75) is 45.8 Å². The summed E-state index contributed by atoms with van der Waals surface area (Å²) >= 11 is 1.92. The minimum Gasteiger partial charge on any atom is -0.347 e. The molecule has 0 saturated heterocycles. The SMILES string of the molecule is CSCCCn1ccc2c(CNC(C)(C)C)cccc21. The molecule has 1 aromatic heterocycles. The molecule has 0 fully saturated rings. The molecule has 20 heavy (non-hydrogen) atoms. The molecule has 0 amide bonds. The zero-order chi connectivity index (χ0) is 14.6. The highest BCUT2D eigenvalue weighted by Gasteiger charge is 2.10. The van der Waals surface area contributed by atoms with Crippen molar-refractivity contribution in [3.05, 3.63) is 36.0 Å². The fraction of sp³-hybridized carbons (Fsp3) is 0.529. The van der Waals surface area contributed by atoms with Gasteiger partial charge in [0.1, 0.15) is 0 Å². The fourth-order valence-corrected chi connectivity index (χ4v) is 2.79. The Hall–Kier alpha value is -0.930. The fourth-order valence-electron chi connectivity index (χ4n) is 2.38. The first kappa shape index (κ1) is 15.5. The number of aryl methyl sites for hydroxylation is 1. The van der Waals surface area contributed by atoms with Gasteiger partial charge in [-0.25, -0.2) is 0 Å². The van der Waals surface area contributed by atoms with Gasteiger partial charge in [0.25, 0.3) is 0 Å². The average molecular weight is 290 g/mol. The van der Waals surface area contributed by atoms with Crippen LogP contribution >= 0.6 is 11.8 Å². The highest BCUT2D eigenvalue weighted by Crippen LogP contribution is 2.21. The van der Waals surface area contributed by atoms with Gasteiger partial charge in [0.2, 0.25) is 0 Å². The molecule has 0 radical (unpaired) electrons. The molecule has 0 aliphatic carbocycles. The van der Waals surface area contributed by atoms with Crippen LogP contribution in [-0.2, 0) is 13.1 Å². The molecule has 0 bridgehead atoms. The van der Waals surface area contributed by atoms with Gasteiger partial charge < -0.3 is 9.88 Å². The molecule has 110 valence electrons. The molecule has 0 atom stereocenters. The van der Waals surface area contributed by atoms with Crippen LogP contribution in [0.1, 0.15) is 32.8 Å². The minimum absolute atomic E-state index is 0.156. The van der Waals surface area contributed by atoms with Gasteiger partial charge in [0.05, 0.1) is 0 Å². The quantitative estimate of drug-likeness (QED) is 0.800. The van der Waals surface area contributed by atoms with Gasteiger partial charge in [-0.2, -0.15) is 11.8 Å². The lowest BCUT2D eigenvalue weighted by molar-refractivity contribution is 0.425. The number of nitrogens with one attached hydrogen (secondary N) is 1. The second-order valence-corrected chi connectivity index (χ2v) is 7.29. The van der Waals surface area contributed by atoms with E-state index in [-0.39, 0.29) is 5.54 Å². The smallest absolute Gasteiger partial charge is 0.0483 e. The van der Waals surface area contributed by atoms with Crippen molar-refractivity contribution < 1.29 is 0 Å². The summed E-state index contributed by atoms with van der Waals surface area (Å²) in [6.07, 6.45) is 5.63. The van der Waals surface area contributed by atoms with E-state index in [1.165, 1.54) is 28.6 Å². The van der Waals surface area contributed by atoms with Gasteiger partial charge in [-0.3, -0.25) is 0 Å². The van der Waals surface area contributed by atoms with Crippen LogP contribution in [0.2, 0.25) is 0 Å². The van der Waals surface area contributed by atoms with Crippen LogP contribution in [0.3, 0.4) is 0 Å². The second kappa shape index (κ2) is 6.68. The third kappa shape index (κ3) is 4.03. The van der Waals surface area contributed by atoms with E-state index in [0.717, 1.165) is 13.1 Å². The first-order valence-electron chi connectivity index (χ1n) is 7.32. The molecule has 2 nitrogen and oxygen atoms in total. The monoisotopic (exact) mass is 290 g/mol. The standard InChI is InChI=1S/C17H26N2S/c1-17(2,3)18-13-14-7-5-8-16-15(14)9-11-19(16)10-6-12-20-4/h5,7-9,11,18H,6,10,12-13H2,1-4H3. The zero-order valence-corrected chi connectivity index (χ0v) is 13.9. The highest BCUT2D eigenvalue weighted by atomic mass is 32.2. The van der Waals surface area contributed by atoms with Crippen molar-refractivity contribution in [1.29, 1.82) is 0 Å². The van der Waals surface area contributed by atoms with E-state index in [4.69, 9.17) is 0 Å². The van der Waals surface area contributed by atoms with E-state index in [0.29, 0.717) is 0 Å². The van der Waals surface area contributed by atoms with Crippen molar-refractivity contribution in [1.82, 2.24) is 9.88 Å². The van der Waals surface area contributed by atoms with E-state index in [1.807, 2.05) is 11.8 Å². The molecule has 1 heterocycles. The molecule has 0 saturated carbocycles. The minimum atomic E-state index is 0.156. The Bertz CT molecular complexity index is 552. The molecule has 2 rings (SSSR count). The van der Waals surface area contributed by atoms with Crippen molar-refractivity contribution in [2.75, 3.05) is 12.0 Å². The number of nitrogens with zero attached hydrogens (tertiary/aromatic N) is 1. The molecule has 0 aliphatic rings. The van der Waals surface area contributed by atoms with Crippen molar-refractivity contribution in [3.63, 3.8) is 0 Å². The van der Waals surface area contributed by atoms with Crippen LogP contribution in [0.4, 0.5) is 0 Å². The third-order valence-electron chi connectivity index (χ3n) is 3.46. The number of benzene rings is 1. The predicted molar refractivity (Wildman–Crippen MR) is 91.5 cm³/mol. The number of hydrogen-bond acceptors (Lipinski definition) is 2. The Morgan fingerprint density at radius 3 is 2.70 bits per heavy atom. The van der Waals surface area contributed by atoms with Gasteiger partial charge in [-0.15, -0.1) is 0 Å². The lowest BCUT2D eigenvalue weighted by Crippen LogP contribution is -2.35. The Labute approximate surface area is 126 Å². The summed E-state index contributed by atoms with van der Waals surface area (Å²) in [6, 6.07) is 8.89. The maximum atomic E-state index is 3.58. The number of hydrogen-bond donors (Lipinski definition) is 1. The molecule has 0 unspecified atom stereocenters. The zero-order valence-electron chi connectivity index (χ0n) is 13.1. The van der Waals surface area contributed by atoms with Crippen LogP contribution in [0.15, 0.2) is 30.5 Å². The molecule has 0 aliphatic heterocycles. The average Bonchev–Trinajstić information content (AvgIpc) is 2.80. The molecule has 1 N–H and O–H groups in total. The molecule has 1 aromatic carbocycles. The van der Waals surface area contributed by atoms with Crippen molar-refractivity contribution in [2.24, 2.45) is 0 Å². The van der Waals surface area contributed by atoms with Crippen LogP contribution in [0, 0.1) is 0 Å². The summed E-state index contributed by atoms with van der Waals surface area (Å²) in [6.45, 7) is 8.67. The lowest BCUT2D eigenvalue weighted by Gasteiger charge is -2.21. The second-order valence-electron chi connectivity index (χ2n) is 6.31. The summed E-state index contributed by atoms with van der Waals surface area (Å²) in [4.78, 5) is 0. The summed E-state index contributed by atoms with van der Waals surface area (Å²) in [5.41, 5.74) is 2.91. The predicted octanol–water partition coefficient (Wildman–Crippen LogP) is 4.28. The summed E-state index contributed by atoms with van der Waals surface area (Å²) in [7, 11) is 0. The van der Waals surface area contributed by atoms with E-state index in [1.54, 1.807) is 0 Å². The molecule has 2 aromatic rings. The summed E-state index contributed by atoms with van der Waals surface area (Å²) < 4.78 is 2.38. The molecular formula is C17H26N2S. The van der Waals surface area contributed by atoms with Gasteiger partial charge >= 0.3 is 0 Å². The van der Waals surface area contributed by atoms with Gasteiger partial charge in [-0.05, 0) is 56.9 Å². The van der Waals surface area contributed by atoms with Crippen LogP contribution < -0.4 is 5.32 Å². The Kier molecular flexibility index (Phi) is 5.17. The molecule has 0 spiro atoms. The van der Waals surface area contributed by atoms with Gasteiger partial charge in [0, 0.05) is 35.7 Å². The molecular weight excluding hydrogens is 264 g/mol. The lowest BCUT2D eigenvalue weighted by atomic mass is 10.1. The van der Waals surface area contributed by atoms with Crippen LogP contribution in [-0.4, -0.2) is 22.1 Å². The number of aromatic nitrogens is 1. The van der Waals surface area contributed by atoms with Crippen molar-refractivity contribution >= 4 is 22.7 Å². The van der Waals surface area contributed by atoms with Crippen LogP contribution in [0.5, 0.6) is 0 Å². The Morgan fingerprint density at radius 1 is 1.20 bits per heavy atom. The summed E-state index contributed by atoms with van der Waals surface area (Å²) in [5.74, 6) is 1.23. The van der Waals surface area contributed by atoms with Crippen LogP contribution in [0.25, 0.3) is 10.9 Å². The number of thioether (sulfide) groups is 1. The Balaban J connectivity index is 2.17.